The summed E-state index contributed by atoms with van der Waals surface area (Å²) in [6.07, 6.45) is -0.357. The molecule has 1 aromatic heterocycles. The summed E-state index contributed by atoms with van der Waals surface area (Å²) in [5.41, 5.74) is 1.85. The number of halogens is 3. The van der Waals surface area contributed by atoms with Gasteiger partial charge in [0.2, 0.25) is 0 Å². The number of nitrogens with zero attached hydrogens (tertiary/aromatic N) is 1. The summed E-state index contributed by atoms with van der Waals surface area (Å²) < 4.78 is 47.2. The molecule has 0 unspecified atom stereocenters. The molecule has 3 rings (SSSR count). The first-order chi connectivity index (χ1) is 12.8. The van der Waals surface area contributed by atoms with Gasteiger partial charge in [-0.3, -0.25) is 9.78 Å². The predicted octanol–water partition coefficient (Wildman–Crippen LogP) is 6.09. The highest BCUT2D eigenvalue weighted by Crippen LogP contribution is 2.38. The van der Waals surface area contributed by atoms with E-state index in [0.717, 1.165) is 30.3 Å². The number of ether oxygens (including phenoxy) is 1. The van der Waals surface area contributed by atoms with Crippen molar-refractivity contribution in [2.75, 3.05) is 7.11 Å². The molecule has 2 aromatic carbocycles. The zero-order valence-electron chi connectivity index (χ0n) is 15.6. The Hall–Kier alpha value is -2.63. The van der Waals surface area contributed by atoms with Gasteiger partial charge in [-0.1, -0.05) is 38.1 Å². The van der Waals surface area contributed by atoms with E-state index in [1.807, 2.05) is 10.9 Å². The Balaban J connectivity index is 1.91. The normalized spacial score (nSPS) is 12.0. The molecular weight excluding hydrogens is 353 g/mol. The summed E-state index contributed by atoms with van der Waals surface area (Å²) in [6.45, 7) is 4.36. The van der Waals surface area contributed by atoms with E-state index in [0.29, 0.717) is 17.2 Å². The van der Waals surface area contributed by atoms with Crippen molar-refractivity contribution in [3.05, 3.63) is 59.9 Å². The number of hydrogen-bond donors (Lipinski definition) is 1. The Bertz CT molecular complexity index is 894. The van der Waals surface area contributed by atoms with Crippen LogP contribution in [0.1, 0.15) is 31.5 Å². The Morgan fingerprint density at radius 2 is 1.81 bits per heavy atom. The summed E-state index contributed by atoms with van der Waals surface area (Å²) in [5, 5.41) is 3.26. The number of hydrogen-bond acceptors (Lipinski definition) is 1. The molecule has 0 atom stereocenters. The van der Waals surface area contributed by atoms with Crippen LogP contribution in [0.4, 0.5) is 13.2 Å². The molecule has 27 heavy (non-hydrogen) atoms. The number of rotatable bonds is 6. The van der Waals surface area contributed by atoms with Gasteiger partial charge < -0.3 is 4.74 Å². The Morgan fingerprint density at radius 1 is 1.11 bits per heavy atom. The van der Waals surface area contributed by atoms with Crippen LogP contribution in [0.25, 0.3) is 16.8 Å². The molecule has 0 aliphatic heterocycles. The molecule has 3 aromatic rings. The first-order valence-electron chi connectivity index (χ1n) is 8.91. The van der Waals surface area contributed by atoms with Crippen molar-refractivity contribution in [3.63, 3.8) is 0 Å². The smallest absolute Gasteiger partial charge is 0.417 e. The third kappa shape index (κ3) is 4.21. The summed E-state index contributed by atoms with van der Waals surface area (Å²) >= 11 is 0. The van der Waals surface area contributed by atoms with Gasteiger partial charge in [0.15, 0.2) is 0 Å². The Labute approximate surface area is 156 Å². The molecule has 0 radical (unpaired) electrons. The van der Waals surface area contributed by atoms with Gasteiger partial charge in [0.1, 0.15) is 11.4 Å². The van der Waals surface area contributed by atoms with E-state index in [1.165, 1.54) is 19.2 Å². The molecule has 0 spiro atoms. The monoisotopic (exact) mass is 376 g/mol. The van der Waals surface area contributed by atoms with Gasteiger partial charge in [0.25, 0.3) is 0 Å². The molecule has 0 saturated heterocycles. The largest absolute Gasteiger partial charge is 0.494 e. The van der Waals surface area contributed by atoms with Gasteiger partial charge in [0.05, 0.1) is 18.4 Å². The standard InChI is InChI=1S/C21H23F3N2O/c1-14(2)8-10-16-13-26(25-16)19-11-9-15(12-20(19)27-3)17-6-4-5-7-18(17)21(22,23)24/h4-7,9,11-14,25H,8,10H2,1-3H3. The minimum absolute atomic E-state index is 0.139. The quantitative estimate of drug-likeness (QED) is 0.554. The van der Waals surface area contributed by atoms with Crippen LogP contribution >= 0.6 is 0 Å². The third-order valence-corrected chi connectivity index (χ3v) is 4.52. The number of H-pyrrole nitrogens is 1. The van der Waals surface area contributed by atoms with Crippen LogP contribution in [0, 0.1) is 5.92 Å². The van der Waals surface area contributed by atoms with E-state index < -0.39 is 11.7 Å². The van der Waals surface area contributed by atoms with Gasteiger partial charge in [-0.25, -0.2) is 0 Å². The average molecular weight is 376 g/mol. The second-order valence-corrected chi connectivity index (χ2v) is 7.00. The summed E-state index contributed by atoms with van der Waals surface area (Å²) in [5.74, 6) is 1.14. The molecule has 1 heterocycles. The van der Waals surface area contributed by atoms with Crippen LogP contribution in [0.5, 0.6) is 5.75 Å². The minimum atomic E-state index is -4.41. The van der Waals surface area contributed by atoms with Gasteiger partial charge in [-0.15, -0.1) is 0 Å². The first-order valence-corrected chi connectivity index (χ1v) is 8.91. The molecule has 0 aliphatic rings. The van der Waals surface area contributed by atoms with Crippen LogP contribution in [0.2, 0.25) is 0 Å². The van der Waals surface area contributed by atoms with Crippen LogP contribution in [-0.4, -0.2) is 16.9 Å². The maximum atomic E-state index is 13.3. The fraction of sp³-hybridized carbons (Fsp3) is 0.333. The topological polar surface area (TPSA) is 29.9 Å². The number of aromatic nitrogens is 2. The highest BCUT2D eigenvalue weighted by atomic mass is 19.4. The van der Waals surface area contributed by atoms with Crippen LogP contribution in [-0.2, 0) is 12.6 Å². The molecule has 0 bridgehead atoms. The molecule has 0 aliphatic carbocycles. The van der Waals surface area contributed by atoms with Crippen LogP contribution in [0.3, 0.4) is 0 Å². The SMILES string of the molecule is COc1cc(-c2ccccc2C(F)(F)F)ccc1-n1cc(CCC(C)C)[nH]1. The van der Waals surface area contributed by atoms with Crippen molar-refractivity contribution in [3.8, 4) is 22.6 Å². The zero-order valence-corrected chi connectivity index (χ0v) is 15.6. The number of nitrogens with one attached hydrogen (secondary N) is 1. The molecule has 1 N–H and O–H groups in total. The molecular formula is C21H23F3N2O. The van der Waals surface area contributed by atoms with E-state index in [1.54, 1.807) is 24.3 Å². The fourth-order valence-electron chi connectivity index (χ4n) is 3.03. The molecule has 6 heteroatoms. The number of methoxy groups -OCH3 is 1. The predicted molar refractivity (Wildman–Crippen MR) is 100 cm³/mol. The zero-order chi connectivity index (χ0) is 19.6. The lowest BCUT2D eigenvalue weighted by Crippen LogP contribution is -2.13. The molecule has 0 amide bonds. The van der Waals surface area contributed by atoms with Gasteiger partial charge in [0, 0.05) is 6.20 Å². The number of aromatic amines is 1. The molecule has 0 fully saturated rings. The lowest BCUT2D eigenvalue weighted by molar-refractivity contribution is -0.137. The highest BCUT2D eigenvalue weighted by Gasteiger charge is 2.33. The lowest BCUT2D eigenvalue weighted by atomic mass is 9.98. The van der Waals surface area contributed by atoms with E-state index >= 15 is 0 Å². The third-order valence-electron chi connectivity index (χ3n) is 4.52. The lowest BCUT2D eigenvalue weighted by Gasteiger charge is -2.20. The van der Waals surface area contributed by atoms with E-state index in [-0.39, 0.29) is 5.56 Å². The fourth-order valence-corrected chi connectivity index (χ4v) is 3.03. The first kappa shape index (κ1) is 19.1. The number of aryl methyl sites for hydroxylation is 1. The van der Waals surface area contributed by atoms with Crippen molar-refractivity contribution < 1.29 is 17.9 Å². The van der Waals surface area contributed by atoms with Crippen molar-refractivity contribution in [2.45, 2.75) is 32.9 Å². The molecule has 0 saturated carbocycles. The van der Waals surface area contributed by atoms with Gasteiger partial charge >= 0.3 is 6.18 Å². The molecule has 3 nitrogen and oxygen atoms in total. The maximum absolute atomic E-state index is 13.3. The Morgan fingerprint density at radius 3 is 2.44 bits per heavy atom. The van der Waals surface area contributed by atoms with Crippen molar-refractivity contribution >= 4 is 0 Å². The van der Waals surface area contributed by atoms with E-state index in [9.17, 15) is 13.2 Å². The minimum Gasteiger partial charge on any atom is -0.494 e. The number of alkyl halides is 3. The molecule has 144 valence electrons. The summed E-state index contributed by atoms with van der Waals surface area (Å²) in [7, 11) is 1.52. The highest BCUT2D eigenvalue weighted by molar-refractivity contribution is 5.71. The van der Waals surface area contributed by atoms with Crippen LogP contribution in [0.15, 0.2) is 48.7 Å². The average Bonchev–Trinajstić information content (AvgIpc) is 2.59. The van der Waals surface area contributed by atoms with Crippen LogP contribution < -0.4 is 4.74 Å². The summed E-state index contributed by atoms with van der Waals surface area (Å²) in [4.78, 5) is 0. The number of benzene rings is 2. The second kappa shape index (κ2) is 7.55. The maximum Gasteiger partial charge on any atom is 0.417 e. The van der Waals surface area contributed by atoms with E-state index in [4.69, 9.17) is 4.74 Å². The summed E-state index contributed by atoms with van der Waals surface area (Å²) in [6, 6.07) is 10.7. The van der Waals surface area contributed by atoms with Crippen molar-refractivity contribution in [1.82, 2.24) is 9.78 Å². The second-order valence-electron chi connectivity index (χ2n) is 7.00. The van der Waals surface area contributed by atoms with Gasteiger partial charge in [-0.2, -0.15) is 13.2 Å². The van der Waals surface area contributed by atoms with Crippen molar-refractivity contribution in [1.29, 1.82) is 0 Å². The van der Waals surface area contributed by atoms with E-state index in [2.05, 4.69) is 18.9 Å². The van der Waals surface area contributed by atoms with Gasteiger partial charge in [-0.05, 0) is 48.1 Å². The van der Waals surface area contributed by atoms with Crippen molar-refractivity contribution in [2.24, 2.45) is 5.92 Å². The Kier molecular flexibility index (Phi) is 5.35.